The van der Waals surface area contributed by atoms with Crippen LogP contribution in [0.4, 0.5) is 22.0 Å². The van der Waals surface area contributed by atoms with Crippen molar-refractivity contribution in [3.8, 4) is 5.75 Å². The molecule has 0 fully saturated rings. The Hall–Kier alpha value is -3.15. The zero-order valence-corrected chi connectivity index (χ0v) is 18.0. The van der Waals surface area contributed by atoms with E-state index in [0.717, 1.165) is 30.0 Å². The van der Waals surface area contributed by atoms with Crippen molar-refractivity contribution in [2.45, 2.75) is 44.1 Å². The Morgan fingerprint density at radius 1 is 1.00 bits per heavy atom. The molecular formula is C27H23F5O. The SMILES string of the molecule is CCCCC1(c2ccc3c(F)c(OC(F)(F)F)ccc3c2)C=CC(c2ccccc2)=CC1F. The maximum Gasteiger partial charge on any atom is 0.573 e. The zero-order valence-electron chi connectivity index (χ0n) is 18.0. The van der Waals surface area contributed by atoms with Crippen LogP contribution >= 0.6 is 0 Å². The minimum Gasteiger partial charge on any atom is -0.403 e. The van der Waals surface area contributed by atoms with E-state index in [2.05, 4.69) is 4.74 Å². The molecule has 6 heteroatoms. The molecule has 4 rings (SSSR count). The normalized spacial score (nSPS) is 20.7. The molecule has 1 nitrogen and oxygen atoms in total. The van der Waals surface area contributed by atoms with Gasteiger partial charge in [-0.1, -0.05) is 86.5 Å². The van der Waals surface area contributed by atoms with Gasteiger partial charge in [-0.05, 0) is 40.6 Å². The van der Waals surface area contributed by atoms with Crippen LogP contribution in [-0.4, -0.2) is 12.5 Å². The number of hydrogen-bond donors (Lipinski definition) is 0. The van der Waals surface area contributed by atoms with Crippen molar-refractivity contribution in [2.75, 3.05) is 0 Å². The molecular weight excluding hydrogens is 435 g/mol. The Labute approximate surface area is 189 Å². The minimum atomic E-state index is -4.99. The number of hydrogen-bond acceptors (Lipinski definition) is 1. The van der Waals surface area contributed by atoms with Crippen molar-refractivity contribution in [3.05, 3.63) is 95.8 Å². The van der Waals surface area contributed by atoms with Gasteiger partial charge in [-0.15, -0.1) is 13.2 Å². The topological polar surface area (TPSA) is 9.23 Å². The number of ether oxygens (including phenoxy) is 1. The minimum absolute atomic E-state index is 0.0122. The molecule has 0 heterocycles. The fourth-order valence-corrected chi connectivity index (χ4v) is 4.37. The lowest BCUT2D eigenvalue weighted by Crippen LogP contribution is -2.35. The summed E-state index contributed by atoms with van der Waals surface area (Å²) in [6.45, 7) is 2.02. The molecule has 0 radical (unpaired) electrons. The van der Waals surface area contributed by atoms with Gasteiger partial charge >= 0.3 is 6.36 Å². The monoisotopic (exact) mass is 458 g/mol. The van der Waals surface area contributed by atoms with E-state index in [1.165, 1.54) is 12.1 Å². The van der Waals surface area contributed by atoms with E-state index in [-0.39, 0.29) is 5.39 Å². The van der Waals surface area contributed by atoms with Crippen molar-refractivity contribution < 1.29 is 26.7 Å². The highest BCUT2D eigenvalue weighted by atomic mass is 19.4. The van der Waals surface area contributed by atoms with Crippen LogP contribution in [0.25, 0.3) is 16.3 Å². The average molecular weight is 458 g/mol. The number of rotatable bonds is 6. The van der Waals surface area contributed by atoms with Crippen molar-refractivity contribution in [3.63, 3.8) is 0 Å². The van der Waals surface area contributed by atoms with Crippen LogP contribution in [0.1, 0.15) is 37.3 Å². The van der Waals surface area contributed by atoms with Crippen LogP contribution in [-0.2, 0) is 5.41 Å². The van der Waals surface area contributed by atoms with E-state index in [4.69, 9.17) is 0 Å². The van der Waals surface area contributed by atoms with Crippen LogP contribution in [0.3, 0.4) is 0 Å². The predicted molar refractivity (Wildman–Crippen MR) is 120 cm³/mol. The highest BCUT2D eigenvalue weighted by Crippen LogP contribution is 2.43. The first kappa shape index (κ1) is 23.0. The second kappa shape index (κ2) is 9.00. The molecule has 2 unspecified atom stereocenters. The third kappa shape index (κ3) is 4.65. The summed E-state index contributed by atoms with van der Waals surface area (Å²) in [5, 5.41) is 0.371. The summed E-state index contributed by atoms with van der Waals surface area (Å²) in [7, 11) is 0. The van der Waals surface area contributed by atoms with E-state index in [1.807, 2.05) is 49.4 Å². The molecule has 0 saturated heterocycles. The number of benzene rings is 3. The van der Waals surface area contributed by atoms with Crippen LogP contribution < -0.4 is 4.74 Å². The number of halogens is 5. The van der Waals surface area contributed by atoms with Gasteiger partial charge in [-0.3, -0.25) is 0 Å². The Morgan fingerprint density at radius 3 is 2.42 bits per heavy atom. The summed E-state index contributed by atoms with van der Waals surface area (Å²) >= 11 is 0. The largest absolute Gasteiger partial charge is 0.573 e. The van der Waals surface area contributed by atoms with Gasteiger partial charge in [0, 0.05) is 10.8 Å². The molecule has 1 aliphatic rings. The molecule has 0 bridgehead atoms. The highest BCUT2D eigenvalue weighted by Gasteiger charge is 2.39. The molecule has 2 atom stereocenters. The molecule has 0 spiro atoms. The van der Waals surface area contributed by atoms with Gasteiger partial charge in [-0.2, -0.15) is 0 Å². The Balaban J connectivity index is 1.75. The fourth-order valence-electron chi connectivity index (χ4n) is 4.37. The molecule has 3 aromatic rings. The molecule has 33 heavy (non-hydrogen) atoms. The van der Waals surface area contributed by atoms with Gasteiger partial charge in [0.15, 0.2) is 11.6 Å². The smallest absolute Gasteiger partial charge is 0.403 e. The lowest BCUT2D eigenvalue weighted by atomic mass is 9.69. The summed E-state index contributed by atoms with van der Waals surface area (Å²) in [6.07, 6.45) is 1.27. The van der Waals surface area contributed by atoms with Gasteiger partial charge in [0.2, 0.25) is 0 Å². The highest BCUT2D eigenvalue weighted by molar-refractivity contribution is 5.86. The Kier molecular flexibility index (Phi) is 6.28. The molecule has 3 aromatic carbocycles. The van der Waals surface area contributed by atoms with Crippen molar-refractivity contribution in [2.24, 2.45) is 0 Å². The van der Waals surface area contributed by atoms with E-state index in [9.17, 15) is 17.6 Å². The van der Waals surface area contributed by atoms with E-state index >= 15 is 4.39 Å². The van der Waals surface area contributed by atoms with Crippen molar-refractivity contribution in [1.82, 2.24) is 0 Å². The first-order valence-corrected chi connectivity index (χ1v) is 10.8. The van der Waals surface area contributed by atoms with E-state index < -0.39 is 29.5 Å². The average Bonchev–Trinajstić information content (AvgIpc) is 2.80. The first-order valence-electron chi connectivity index (χ1n) is 10.8. The van der Waals surface area contributed by atoms with Gasteiger partial charge in [0.25, 0.3) is 0 Å². The second-order valence-electron chi connectivity index (χ2n) is 8.23. The molecule has 0 aromatic heterocycles. The summed E-state index contributed by atoms with van der Waals surface area (Å²) in [4.78, 5) is 0. The molecule has 0 aliphatic heterocycles. The van der Waals surface area contributed by atoms with Gasteiger partial charge in [0.1, 0.15) is 6.17 Å². The van der Waals surface area contributed by atoms with Gasteiger partial charge in [-0.25, -0.2) is 8.78 Å². The van der Waals surface area contributed by atoms with E-state index in [0.29, 0.717) is 17.4 Å². The summed E-state index contributed by atoms with van der Waals surface area (Å²) in [5.41, 5.74) is 1.41. The van der Waals surface area contributed by atoms with Gasteiger partial charge in [0.05, 0.1) is 0 Å². The number of allylic oxidation sites excluding steroid dienone is 4. The Morgan fingerprint density at radius 2 is 1.76 bits per heavy atom. The summed E-state index contributed by atoms with van der Waals surface area (Å²) in [5.74, 6) is -1.99. The molecule has 172 valence electrons. The number of fused-ring (bicyclic) bond motifs is 1. The molecule has 0 saturated carbocycles. The summed E-state index contributed by atoms with van der Waals surface area (Å²) in [6, 6.07) is 16.5. The van der Waals surface area contributed by atoms with Crippen molar-refractivity contribution in [1.29, 1.82) is 0 Å². The van der Waals surface area contributed by atoms with Crippen molar-refractivity contribution >= 4 is 16.3 Å². The van der Waals surface area contributed by atoms with Gasteiger partial charge < -0.3 is 4.74 Å². The van der Waals surface area contributed by atoms with E-state index in [1.54, 1.807) is 18.2 Å². The predicted octanol–water partition coefficient (Wildman–Crippen LogP) is 8.30. The summed E-state index contributed by atoms with van der Waals surface area (Å²) < 4.78 is 71.9. The number of alkyl halides is 4. The molecule has 0 amide bonds. The maximum absolute atomic E-state index is 15.8. The fraction of sp³-hybridized carbons (Fsp3) is 0.259. The lowest BCUT2D eigenvalue weighted by molar-refractivity contribution is -0.275. The third-order valence-electron chi connectivity index (χ3n) is 6.11. The first-order chi connectivity index (χ1) is 15.7. The quantitative estimate of drug-likeness (QED) is 0.338. The van der Waals surface area contributed by atoms with Crippen LogP contribution in [0.15, 0.2) is 78.9 Å². The molecule has 1 aliphatic carbocycles. The molecule has 0 N–H and O–H groups in total. The standard InChI is InChI=1S/C27H23F5O/c1-2-3-14-26(15-13-19(17-24(26)28)18-7-5-4-6-8-18)21-10-11-22-20(16-21)9-12-23(25(22)29)33-27(30,31)32/h4-13,15-17,24H,2-3,14H2,1H3. The van der Waals surface area contributed by atoms with Crippen LogP contribution in [0, 0.1) is 5.82 Å². The van der Waals surface area contributed by atoms with Crippen LogP contribution in [0.2, 0.25) is 0 Å². The lowest BCUT2D eigenvalue weighted by Gasteiger charge is -2.36. The Bertz CT molecular complexity index is 1200. The van der Waals surface area contributed by atoms with Crippen LogP contribution in [0.5, 0.6) is 5.75 Å². The zero-order chi connectivity index (χ0) is 23.6. The maximum atomic E-state index is 15.8. The second-order valence-corrected chi connectivity index (χ2v) is 8.23. The third-order valence-corrected chi connectivity index (χ3v) is 6.11. The number of unbranched alkanes of at least 4 members (excludes halogenated alkanes) is 1.